The van der Waals surface area contributed by atoms with E-state index in [1.54, 1.807) is 6.92 Å². The lowest BCUT2D eigenvalue weighted by atomic mass is 9.94. The Bertz CT molecular complexity index is 402. The van der Waals surface area contributed by atoms with Crippen molar-refractivity contribution in [2.24, 2.45) is 5.92 Å². The summed E-state index contributed by atoms with van der Waals surface area (Å²) < 4.78 is 18.7. The highest BCUT2D eigenvalue weighted by atomic mass is 16.7. The molecule has 0 bridgehead atoms. The molecule has 4 unspecified atom stereocenters. The number of aliphatic carboxylic acids is 2. The molecule has 0 aromatic rings. The largest absolute Gasteiger partial charge is 0.834 e. The fourth-order valence-electron chi connectivity index (χ4n) is 1.89. The van der Waals surface area contributed by atoms with Gasteiger partial charge in [0.1, 0.15) is 25.1 Å². The molecule has 0 radical (unpaired) electrons. The number of aliphatic hydroxyl groups is 2. The maximum atomic E-state index is 10.5. The molecule has 11 heteroatoms. The molecular formula is C14H23O11-3. The summed E-state index contributed by atoms with van der Waals surface area (Å²) in [6.07, 6.45) is -5.49. The van der Waals surface area contributed by atoms with E-state index in [0.717, 1.165) is 0 Å². The van der Waals surface area contributed by atoms with Crippen molar-refractivity contribution in [3.63, 3.8) is 0 Å². The Hall–Kier alpha value is -1.34. The molecule has 148 valence electrons. The minimum atomic E-state index is -1.71. The third-order valence-corrected chi connectivity index (χ3v) is 3.44. The number of hydrogen-bond donors (Lipinski definition) is 2. The lowest BCUT2D eigenvalue weighted by Crippen LogP contribution is -2.56. The average molecular weight is 367 g/mol. The number of methoxy groups -OCH3 is 1. The first-order valence-electron chi connectivity index (χ1n) is 7.37. The van der Waals surface area contributed by atoms with E-state index >= 15 is 0 Å². The molecule has 1 aliphatic heterocycles. The van der Waals surface area contributed by atoms with E-state index < -0.39 is 49.3 Å². The predicted octanol–water partition coefficient (Wildman–Crippen LogP) is -5.06. The number of carbonyl (C=O) groups is 2. The zero-order chi connectivity index (χ0) is 19.6. The molecule has 1 saturated heterocycles. The Morgan fingerprint density at radius 3 is 2.40 bits per heavy atom. The van der Waals surface area contributed by atoms with E-state index in [-0.39, 0.29) is 19.3 Å². The summed E-state index contributed by atoms with van der Waals surface area (Å²) in [4.78, 5) is 20.6. The van der Waals surface area contributed by atoms with Crippen LogP contribution >= 0.6 is 0 Å². The van der Waals surface area contributed by atoms with Gasteiger partial charge in [0.05, 0.1) is 30.8 Å². The first kappa shape index (κ1) is 23.7. The molecule has 0 amide bonds. The van der Waals surface area contributed by atoms with Crippen LogP contribution in [0.25, 0.3) is 0 Å². The van der Waals surface area contributed by atoms with Crippen LogP contribution in [-0.4, -0.2) is 80.0 Å². The fourth-order valence-corrected chi connectivity index (χ4v) is 1.89. The van der Waals surface area contributed by atoms with Crippen molar-refractivity contribution in [2.45, 2.75) is 44.4 Å². The number of rotatable bonds is 8. The molecule has 11 nitrogen and oxygen atoms in total. The smallest absolute Gasteiger partial charge is 0.145 e. The Labute approximate surface area is 144 Å². The molecule has 0 spiro atoms. The summed E-state index contributed by atoms with van der Waals surface area (Å²) in [7, 11) is 1.34. The molecule has 25 heavy (non-hydrogen) atoms. The van der Waals surface area contributed by atoms with Crippen LogP contribution in [0.5, 0.6) is 0 Å². The van der Waals surface area contributed by atoms with Gasteiger partial charge in [-0.15, -0.1) is 0 Å². The third kappa shape index (κ3) is 8.05. The van der Waals surface area contributed by atoms with Crippen LogP contribution < -0.4 is 15.3 Å². The number of carboxylic acid groups (broad SMARTS) is 2. The second kappa shape index (κ2) is 12.1. The monoisotopic (exact) mass is 367 g/mol. The molecule has 0 saturated carbocycles. The van der Waals surface area contributed by atoms with E-state index in [1.807, 2.05) is 0 Å². The topological polar surface area (TPSA) is 181 Å². The van der Waals surface area contributed by atoms with Crippen LogP contribution in [0.2, 0.25) is 0 Å². The summed E-state index contributed by atoms with van der Waals surface area (Å²) in [5, 5.41) is 48.6. The van der Waals surface area contributed by atoms with Gasteiger partial charge in [0, 0.05) is 13.0 Å². The van der Waals surface area contributed by atoms with Gasteiger partial charge in [-0.1, -0.05) is 6.92 Å². The zero-order valence-corrected chi connectivity index (χ0v) is 14.2. The summed E-state index contributed by atoms with van der Waals surface area (Å²) in [5.74, 6) is -3.09. The lowest BCUT2D eigenvalue weighted by molar-refractivity contribution is -0.439. The van der Waals surface area contributed by atoms with Gasteiger partial charge in [0.25, 0.3) is 0 Å². The first-order chi connectivity index (χ1) is 11.7. The highest BCUT2D eigenvalue weighted by Crippen LogP contribution is 2.21. The van der Waals surface area contributed by atoms with Crippen molar-refractivity contribution in [1.82, 2.24) is 0 Å². The predicted molar refractivity (Wildman–Crippen MR) is 73.1 cm³/mol. The fraction of sp³-hybridized carbons (Fsp3) is 0.857. The molecule has 1 rings (SSSR count). The van der Waals surface area contributed by atoms with E-state index in [1.165, 1.54) is 14.0 Å². The molecule has 0 aromatic carbocycles. The SMILES string of the molecule is CC(OCOC[O-])C(O)C(=O)[O-].CO[C@@H]1C(C(=O)[O-])OCC(C)[C@@H]1O. The van der Waals surface area contributed by atoms with Crippen LogP contribution in [0.3, 0.4) is 0 Å². The molecule has 2 N–H and O–H groups in total. The normalized spacial score (nSPS) is 28.4. The second-order valence-electron chi connectivity index (χ2n) is 5.32. The minimum Gasteiger partial charge on any atom is -0.834 e. The van der Waals surface area contributed by atoms with Gasteiger partial charge >= 0.3 is 0 Å². The molecular weight excluding hydrogens is 344 g/mol. The van der Waals surface area contributed by atoms with Gasteiger partial charge in [-0.3, -0.25) is 0 Å². The highest BCUT2D eigenvalue weighted by molar-refractivity contribution is 5.71. The van der Waals surface area contributed by atoms with Gasteiger partial charge < -0.3 is 54.1 Å². The molecule has 0 aliphatic carbocycles. The first-order valence-corrected chi connectivity index (χ1v) is 7.37. The zero-order valence-electron chi connectivity index (χ0n) is 14.2. The van der Waals surface area contributed by atoms with Crippen LogP contribution in [-0.2, 0) is 28.5 Å². The summed E-state index contributed by atoms with van der Waals surface area (Å²) >= 11 is 0. The van der Waals surface area contributed by atoms with E-state index in [9.17, 15) is 30.0 Å². The van der Waals surface area contributed by atoms with Gasteiger partial charge in [-0.05, 0) is 13.7 Å². The molecule has 0 aromatic heterocycles. The standard InChI is InChI=1S/C8H14O5.C6H11O6/c1-4-3-13-7(8(10)11)6(12-2)5(4)9;1-4(5(8)6(9)10)12-3-11-2-7/h4-7,9H,3H2,1-2H3,(H,10,11);4-5,8H,2-3H2,1H3,(H,9,10)/q;-1/p-2/t4?,5-,6-,7?;/m0./s1. The van der Waals surface area contributed by atoms with Crippen molar-refractivity contribution in [3.8, 4) is 0 Å². The number of aliphatic hydroxyl groups excluding tert-OH is 2. The summed E-state index contributed by atoms with van der Waals surface area (Å²) in [5.41, 5.74) is 0. The molecule has 6 atom stereocenters. The third-order valence-electron chi connectivity index (χ3n) is 3.44. The average Bonchev–Trinajstić information content (AvgIpc) is 2.56. The van der Waals surface area contributed by atoms with E-state index in [4.69, 9.17) is 14.6 Å². The number of carbonyl (C=O) groups excluding carboxylic acids is 2. The second-order valence-corrected chi connectivity index (χ2v) is 5.32. The Balaban J connectivity index is 0.000000463. The van der Waals surface area contributed by atoms with Crippen LogP contribution in [0.15, 0.2) is 0 Å². The molecule has 1 aliphatic rings. The summed E-state index contributed by atoms with van der Waals surface area (Å²) in [6.45, 7) is 2.19. The molecule has 1 heterocycles. The quantitative estimate of drug-likeness (QED) is 0.309. The Kier molecular flexibility index (Phi) is 11.4. The number of hydrogen-bond acceptors (Lipinski definition) is 11. The van der Waals surface area contributed by atoms with Crippen molar-refractivity contribution >= 4 is 11.9 Å². The Morgan fingerprint density at radius 1 is 1.36 bits per heavy atom. The number of ether oxygens (including phenoxy) is 4. The lowest BCUT2D eigenvalue weighted by Gasteiger charge is -2.38. The molecule has 1 fully saturated rings. The Morgan fingerprint density at radius 2 is 1.96 bits per heavy atom. The maximum absolute atomic E-state index is 10.5. The van der Waals surface area contributed by atoms with E-state index in [2.05, 4.69) is 9.47 Å². The van der Waals surface area contributed by atoms with Gasteiger partial charge in [0.15, 0.2) is 0 Å². The van der Waals surface area contributed by atoms with Crippen molar-refractivity contribution in [2.75, 3.05) is 27.3 Å². The van der Waals surface area contributed by atoms with Crippen molar-refractivity contribution in [1.29, 1.82) is 0 Å². The van der Waals surface area contributed by atoms with Gasteiger partial charge in [-0.2, -0.15) is 0 Å². The maximum Gasteiger partial charge on any atom is 0.145 e. The van der Waals surface area contributed by atoms with Gasteiger partial charge in [0.2, 0.25) is 0 Å². The van der Waals surface area contributed by atoms with E-state index in [0.29, 0.717) is 0 Å². The number of carboxylic acids is 2. The van der Waals surface area contributed by atoms with Crippen LogP contribution in [0.1, 0.15) is 13.8 Å². The summed E-state index contributed by atoms with van der Waals surface area (Å²) in [6, 6.07) is 0. The van der Waals surface area contributed by atoms with Crippen LogP contribution in [0, 0.1) is 5.92 Å². The van der Waals surface area contributed by atoms with Crippen molar-refractivity contribution < 1.29 is 54.1 Å². The highest BCUT2D eigenvalue weighted by Gasteiger charge is 2.38. The van der Waals surface area contributed by atoms with Crippen LogP contribution in [0.4, 0.5) is 0 Å². The van der Waals surface area contributed by atoms with Crippen molar-refractivity contribution in [3.05, 3.63) is 0 Å². The van der Waals surface area contributed by atoms with Gasteiger partial charge in [-0.25, -0.2) is 0 Å². The minimum absolute atomic E-state index is 0.124.